The lowest BCUT2D eigenvalue weighted by molar-refractivity contribution is -0.305. The van der Waals surface area contributed by atoms with Crippen LogP contribution in [0.2, 0.25) is 0 Å². The average Bonchev–Trinajstić information content (AvgIpc) is 2.77. The van der Waals surface area contributed by atoms with E-state index in [4.69, 9.17) is 28.4 Å². The Labute approximate surface area is 236 Å². The zero-order chi connectivity index (χ0) is 29.5. The van der Waals surface area contributed by atoms with E-state index in [0.717, 1.165) is 6.42 Å². The van der Waals surface area contributed by atoms with Crippen molar-refractivity contribution in [1.82, 2.24) is 0 Å². The van der Waals surface area contributed by atoms with E-state index in [9.17, 15) is 19.2 Å². The Kier molecular flexibility index (Phi) is 8.45. The maximum atomic E-state index is 13.6. The molecule has 0 amide bonds. The number of hydrogen-bond donors (Lipinski definition) is 0. The Bertz CT molecular complexity index is 1020. The van der Waals surface area contributed by atoms with Gasteiger partial charge in [0.1, 0.15) is 17.8 Å². The van der Waals surface area contributed by atoms with Gasteiger partial charge in [-0.3, -0.25) is 9.59 Å². The van der Waals surface area contributed by atoms with Crippen LogP contribution in [0.1, 0.15) is 92.9 Å². The molecule has 0 radical (unpaired) electrons. The molecule has 0 spiro atoms. The van der Waals surface area contributed by atoms with Crippen molar-refractivity contribution in [2.75, 3.05) is 13.2 Å². The Balaban J connectivity index is 1.36. The minimum Gasteiger partial charge on any atom is -0.462 e. The molecule has 1 heterocycles. The first-order valence-corrected chi connectivity index (χ1v) is 14.3. The van der Waals surface area contributed by atoms with E-state index in [-0.39, 0.29) is 42.4 Å². The van der Waals surface area contributed by atoms with Crippen molar-refractivity contribution in [2.45, 2.75) is 122 Å². The zero-order valence-corrected chi connectivity index (χ0v) is 24.7. The number of carbonyl (C=O) groups excluding carboxylic acids is 4. The van der Waals surface area contributed by atoms with E-state index >= 15 is 0 Å². The van der Waals surface area contributed by atoms with Crippen LogP contribution in [0.3, 0.4) is 0 Å². The van der Waals surface area contributed by atoms with Crippen molar-refractivity contribution < 1.29 is 47.6 Å². The topological polar surface area (TPSA) is 124 Å². The SMILES string of the molecule is C=C(C)C(=O)OCC(=O)OC12CC3CC(C1)CC(C(=O)OCC1CC(CC(=O)OC(C)(C)C)OC(C)(C)O1)(C3)C2. The summed E-state index contributed by atoms with van der Waals surface area (Å²) in [6.07, 6.45) is 3.80. The lowest BCUT2D eigenvalue weighted by Crippen LogP contribution is -2.60. The van der Waals surface area contributed by atoms with Gasteiger partial charge in [-0.25, -0.2) is 9.59 Å². The summed E-state index contributed by atoms with van der Waals surface area (Å²) in [7, 11) is 0. The first-order valence-electron chi connectivity index (χ1n) is 14.3. The van der Waals surface area contributed by atoms with Gasteiger partial charge in [-0.2, -0.15) is 0 Å². The van der Waals surface area contributed by atoms with Gasteiger partial charge in [0.2, 0.25) is 0 Å². The Morgan fingerprint density at radius 2 is 1.52 bits per heavy atom. The average molecular weight is 565 g/mol. The molecule has 4 atom stereocenters. The van der Waals surface area contributed by atoms with Crippen molar-refractivity contribution >= 4 is 23.9 Å². The van der Waals surface area contributed by atoms with Crippen LogP contribution in [0.4, 0.5) is 0 Å². The highest BCUT2D eigenvalue weighted by Crippen LogP contribution is 2.63. The smallest absolute Gasteiger partial charge is 0.344 e. The molecule has 224 valence electrons. The van der Waals surface area contributed by atoms with E-state index in [1.807, 2.05) is 20.8 Å². The molecule has 0 aromatic heterocycles. The summed E-state index contributed by atoms with van der Waals surface area (Å²) in [4.78, 5) is 50.3. The molecule has 4 saturated carbocycles. The Morgan fingerprint density at radius 3 is 2.12 bits per heavy atom. The number of rotatable bonds is 9. The van der Waals surface area contributed by atoms with Crippen LogP contribution in [-0.4, -0.2) is 66.3 Å². The van der Waals surface area contributed by atoms with Gasteiger partial charge in [0, 0.05) is 18.4 Å². The molecule has 1 saturated heterocycles. The fourth-order valence-corrected chi connectivity index (χ4v) is 7.39. The summed E-state index contributed by atoms with van der Waals surface area (Å²) in [5, 5.41) is 0. The first-order chi connectivity index (χ1) is 18.5. The van der Waals surface area contributed by atoms with Gasteiger partial charge >= 0.3 is 23.9 Å². The minimum absolute atomic E-state index is 0.0389. The molecule has 0 N–H and O–H groups in total. The predicted octanol–water partition coefficient (Wildman–Crippen LogP) is 4.17. The van der Waals surface area contributed by atoms with Gasteiger partial charge in [0.25, 0.3) is 0 Å². The molecule has 5 aliphatic rings. The first kappa shape index (κ1) is 30.5. The predicted molar refractivity (Wildman–Crippen MR) is 142 cm³/mol. The third-order valence-electron chi connectivity index (χ3n) is 8.08. The van der Waals surface area contributed by atoms with Crippen LogP contribution in [0.5, 0.6) is 0 Å². The van der Waals surface area contributed by atoms with E-state index in [2.05, 4.69) is 6.58 Å². The quantitative estimate of drug-likeness (QED) is 0.229. The second kappa shape index (κ2) is 11.1. The van der Waals surface area contributed by atoms with Crippen molar-refractivity contribution in [2.24, 2.45) is 17.3 Å². The van der Waals surface area contributed by atoms with Gasteiger partial charge in [-0.05, 0) is 85.5 Å². The fourth-order valence-electron chi connectivity index (χ4n) is 7.39. The van der Waals surface area contributed by atoms with Crippen LogP contribution >= 0.6 is 0 Å². The normalized spacial score (nSPS) is 34.0. The molecule has 10 nitrogen and oxygen atoms in total. The zero-order valence-electron chi connectivity index (χ0n) is 24.7. The summed E-state index contributed by atoms with van der Waals surface area (Å²) >= 11 is 0. The molecule has 4 aliphatic carbocycles. The van der Waals surface area contributed by atoms with E-state index in [0.29, 0.717) is 38.5 Å². The number of esters is 4. The number of carbonyl (C=O) groups is 4. The highest BCUT2D eigenvalue weighted by molar-refractivity contribution is 5.88. The molecule has 4 unspecified atom stereocenters. The number of ether oxygens (including phenoxy) is 6. The Hall–Kier alpha value is -2.46. The summed E-state index contributed by atoms with van der Waals surface area (Å²) in [5.74, 6) is -2.34. The molecule has 5 rings (SSSR count). The van der Waals surface area contributed by atoms with Crippen LogP contribution in [0.25, 0.3) is 0 Å². The van der Waals surface area contributed by atoms with E-state index in [1.54, 1.807) is 13.8 Å². The van der Waals surface area contributed by atoms with Crippen LogP contribution < -0.4 is 0 Å². The van der Waals surface area contributed by atoms with Gasteiger partial charge in [0.05, 0.1) is 24.0 Å². The van der Waals surface area contributed by atoms with Gasteiger partial charge in [-0.15, -0.1) is 0 Å². The van der Waals surface area contributed by atoms with Gasteiger partial charge in [0.15, 0.2) is 12.4 Å². The standard InChI is InChI=1S/C30H44O10/c1-18(2)25(33)35-16-24(32)40-30-13-19-8-20(14-30)12-29(11-19,17-30)26(34)36-15-22-9-21(37-28(6,7)38-22)10-23(31)39-27(3,4)5/h19-22H,1,8-17H2,2-7H3. The fraction of sp³-hybridized carbons (Fsp3) is 0.800. The lowest BCUT2D eigenvalue weighted by Gasteiger charge is -2.59. The molecule has 0 aromatic carbocycles. The highest BCUT2D eigenvalue weighted by atomic mass is 16.7. The second-order valence-corrected chi connectivity index (χ2v) is 13.8. The van der Waals surface area contributed by atoms with Crippen molar-refractivity contribution in [3.8, 4) is 0 Å². The van der Waals surface area contributed by atoms with E-state index in [1.165, 1.54) is 6.92 Å². The molecular formula is C30H44O10. The third kappa shape index (κ3) is 7.43. The summed E-state index contributed by atoms with van der Waals surface area (Å²) in [6, 6.07) is 0. The largest absolute Gasteiger partial charge is 0.462 e. The highest BCUT2D eigenvalue weighted by Gasteiger charge is 2.63. The second-order valence-electron chi connectivity index (χ2n) is 13.8. The summed E-state index contributed by atoms with van der Waals surface area (Å²) in [6.45, 7) is 13.6. The molecular weight excluding hydrogens is 520 g/mol. The molecule has 4 bridgehead atoms. The van der Waals surface area contributed by atoms with Gasteiger partial charge in [-0.1, -0.05) is 6.58 Å². The van der Waals surface area contributed by atoms with Crippen LogP contribution in [0, 0.1) is 17.3 Å². The summed E-state index contributed by atoms with van der Waals surface area (Å²) < 4.78 is 34.2. The van der Waals surface area contributed by atoms with Crippen molar-refractivity contribution in [1.29, 1.82) is 0 Å². The minimum atomic E-state index is -0.950. The van der Waals surface area contributed by atoms with Crippen molar-refractivity contribution in [3.05, 3.63) is 12.2 Å². The molecule has 1 aliphatic heterocycles. The molecule has 5 fully saturated rings. The van der Waals surface area contributed by atoms with Gasteiger partial charge < -0.3 is 28.4 Å². The van der Waals surface area contributed by atoms with E-state index < -0.39 is 53.2 Å². The third-order valence-corrected chi connectivity index (χ3v) is 8.08. The van der Waals surface area contributed by atoms with Crippen LogP contribution in [-0.2, 0) is 47.6 Å². The Morgan fingerprint density at radius 1 is 0.900 bits per heavy atom. The maximum absolute atomic E-state index is 13.6. The molecule has 40 heavy (non-hydrogen) atoms. The van der Waals surface area contributed by atoms with Crippen molar-refractivity contribution in [3.63, 3.8) is 0 Å². The van der Waals surface area contributed by atoms with Crippen LogP contribution in [0.15, 0.2) is 12.2 Å². The molecule has 0 aromatic rings. The molecule has 10 heteroatoms. The lowest BCUT2D eigenvalue weighted by atomic mass is 9.48. The summed E-state index contributed by atoms with van der Waals surface area (Å²) in [5.41, 5.74) is -1.87. The monoisotopic (exact) mass is 564 g/mol. The maximum Gasteiger partial charge on any atom is 0.344 e. The number of hydrogen-bond acceptors (Lipinski definition) is 10.